The van der Waals surface area contributed by atoms with Crippen molar-refractivity contribution < 1.29 is 14.3 Å². The minimum atomic E-state index is -0.493. The lowest BCUT2D eigenvalue weighted by Crippen LogP contribution is -2.53. The Morgan fingerprint density at radius 3 is 2.86 bits per heavy atom. The topological polar surface area (TPSA) is 95.4 Å². The first kappa shape index (κ1) is 15.7. The molecule has 7 nitrogen and oxygen atoms in total. The highest BCUT2D eigenvalue weighted by Gasteiger charge is 2.44. The van der Waals surface area contributed by atoms with Gasteiger partial charge in [0.1, 0.15) is 6.61 Å². The molecule has 2 aliphatic heterocycles. The standard InChI is InChI=1S/C13H18N4O3S/c1-13(2,3)9(18)6-20-12-8(5-15-16-14)7-21-11-4-10(19)17(11)12/h11H,4-7H2,1-3H3/t11-/m1/s1. The summed E-state index contributed by atoms with van der Waals surface area (Å²) in [5, 5.41) is 3.61. The Morgan fingerprint density at radius 2 is 2.29 bits per heavy atom. The zero-order valence-electron chi connectivity index (χ0n) is 12.3. The van der Waals surface area contributed by atoms with Gasteiger partial charge in [0.25, 0.3) is 0 Å². The van der Waals surface area contributed by atoms with Gasteiger partial charge >= 0.3 is 0 Å². The average Bonchev–Trinajstić information content (AvgIpc) is 2.40. The number of hydrogen-bond donors (Lipinski definition) is 0. The van der Waals surface area contributed by atoms with Crippen molar-refractivity contribution in [2.75, 3.05) is 18.9 Å². The fourth-order valence-electron chi connectivity index (χ4n) is 1.95. The predicted molar refractivity (Wildman–Crippen MR) is 79.2 cm³/mol. The first-order valence-corrected chi connectivity index (χ1v) is 7.72. The van der Waals surface area contributed by atoms with Crippen LogP contribution in [0.2, 0.25) is 0 Å². The highest BCUT2D eigenvalue weighted by Crippen LogP contribution is 2.40. The molecule has 0 N–H and O–H groups in total. The van der Waals surface area contributed by atoms with Crippen molar-refractivity contribution in [2.45, 2.75) is 32.6 Å². The third-order valence-corrected chi connectivity index (χ3v) is 4.66. The van der Waals surface area contributed by atoms with Crippen molar-refractivity contribution in [2.24, 2.45) is 10.5 Å². The largest absolute Gasteiger partial charge is 0.471 e. The Morgan fingerprint density at radius 1 is 1.57 bits per heavy atom. The maximum absolute atomic E-state index is 12.0. The van der Waals surface area contributed by atoms with Gasteiger partial charge in [-0.15, -0.1) is 11.8 Å². The molecule has 1 fully saturated rings. The molecule has 1 atom stereocenters. The Balaban J connectivity index is 2.16. The average molecular weight is 310 g/mol. The molecule has 2 rings (SSSR count). The molecule has 0 bridgehead atoms. The zero-order chi connectivity index (χ0) is 15.6. The maximum atomic E-state index is 12.0. The van der Waals surface area contributed by atoms with Crippen LogP contribution in [0.25, 0.3) is 10.4 Å². The van der Waals surface area contributed by atoms with E-state index in [0.717, 1.165) is 5.57 Å². The van der Waals surface area contributed by atoms with Gasteiger partial charge < -0.3 is 4.74 Å². The van der Waals surface area contributed by atoms with Crippen LogP contribution in [0.1, 0.15) is 27.2 Å². The van der Waals surface area contributed by atoms with Crippen molar-refractivity contribution in [3.63, 3.8) is 0 Å². The number of carbonyl (C=O) groups excluding carboxylic acids is 2. The second-order valence-electron chi connectivity index (χ2n) is 5.99. The summed E-state index contributed by atoms with van der Waals surface area (Å²) in [6.45, 7) is 5.53. The van der Waals surface area contributed by atoms with Crippen molar-refractivity contribution >= 4 is 23.5 Å². The SMILES string of the molecule is CC(C)(C)C(=O)COC1=C(CN=[N+]=[N-])CS[C@@H]2CC(=O)N12. The monoisotopic (exact) mass is 310 g/mol. The quantitative estimate of drug-likeness (QED) is 0.337. The molecule has 0 aromatic carbocycles. The molecule has 0 saturated carbocycles. The first-order chi connectivity index (χ1) is 9.84. The first-order valence-electron chi connectivity index (χ1n) is 6.67. The number of ether oxygens (including phenoxy) is 1. The van der Waals surface area contributed by atoms with Crippen molar-refractivity contribution in [3.05, 3.63) is 21.9 Å². The smallest absolute Gasteiger partial charge is 0.233 e. The number of fused-ring (bicyclic) bond motifs is 1. The van der Waals surface area contributed by atoms with Gasteiger partial charge in [-0.05, 0) is 5.53 Å². The van der Waals surface area contributed by atoms with E-state index in [4.69, 9.17) is 10.3 Å². The van der Waals surface area contributed by atoms with Crippen molar-refractivity contribution in [1.29, 1.82) is 0 Å². The van der Waals surface area contributed by atoms with E-state index in [0.29, 0.717) is 18.1 Å². The molecule has 0 unspecified atom stereocenters. The second-order valence-corrected chi connectivity index (χ2v) is 7.16. The van der Waals surface area contributed by atoms with Gasteiger partial charge in [-0.1, -0.05) is 25.9 Å². The number of carbonyl (C=O) groups is 2. The zero-order valence-corrected chi connectivity index (χ0v) is 13.1. The number of thioether (sulfide) groups is 1. The summed E-state index contributed by atoms with van der Waals surface area (Å²) in [6, 6.07) is 0. The Hall–Kier alpha value is -1.66. The van der Waals surface area contributed by atoms with Crippen LogP contribution in [0.5, 0.6) is 0 Å². The summed E-state index contributed by atoms with van der Waals surface area (Å²) in [5.41, 5.74) is 8.71. The van der Waals surface area contributed by atoms with E-state index in [1.807, 2.05) is 20.8 Å². The number of rotatable bonds is 5. The summed E-state index contributed by atoms with van der Waals surface area (Å²) >= 11 is 1.62. The number of amides is 1. The van der Waals surface area contributed by atoms with Crippen LogP contribution in [-0.2, 0) is 14.3 Å². The van der Waals surface area contributed by atoms with E-state index in [1.54, 1.807) is 16.7 Å². The summed E-state index contributed by atoms with van der Waals surface area (Å²) in [7, 11) is 0. The molecule has 2 heterocycles. The molecule has 2 aliphatic rings. The molecule has 0 aromatic heterocycles. The fraction of sp³-hybridized carbons (Fsp3) is 0.692. The van der Waals surface area contributed by atoms with E-state index in [2.05, 4.69) is 10.0 Å². The molecular formula is C13H18N4O3S. The highest BCUT2D eigenvalue weighted by atomic mass is 32.2. The van der Waals surface area contributed by atoms with Gasteiger partial charge in [-0.2, -0.15) is 0 Å². The summed E-state index contributed by atoms with van der Waals surface area (Å²) in [5.74, 6) is 0.983. The van der Waals surface area contributed by atoms with Gasteiger partial charge in [-0.25, -0.2) is 0 Å². The maximum Gasteiger partial charge on any atom is 0.233 e. The molecule has 1 amide bonds. The van der Waals surface area contributed by atoms with Gasteiger partial charge in [-0.3, -0.25) is 14.5 Å². The summed E-state index contributed by atoms with van der Waals surface area (Å²) in [6.07, 6.45) is 0.486. The molecule has 0 spiro atoms. The lowest BCUT2D eigenvalue weighted by atomic mass is 9.91. The molecule has 0 aliphatic carbocycles. The third-order valence-electron chi connectivity index (χ3n) is 3.38. The Bertz CT molecular complexity index is 546. The minimum absolute atomic E-state index is 0.0242. The normalized spacial score (nSPS) is 21.4. The number of hydrogen-bond acceptors (Lipinski definition) is 5. The lowest BCUT2D eigenvalue weighted by molar-refractivity contribution is -0.145. The van der Waals surface area contributed by atoms with Crippen LogP contribution in [0.3, 0.4) is 0 Å². The van der Waals surface area contributed by atoms with E-state index < -0.39 is 5.41 Å². The highest BCUT2D eigenvalue weighted by molar-refractivity contribution is 8.00. The minimum Gasteiger partial charge on any atom is -0.471 e. The number of azide groups is 1. The van der Waals surface area contributed by atoms with Crippen LogP contribution in [0, 0.1) is 5.41 Å². The molecule has 21 heavy (non-hydrogen) atoms. The summed E-state index contributed by atoms with van der Waals surface area (Å²) in [4.78, 5) is 28.0. The number of ketones is 1. The molecule has 0 radical (unpaired) electrons. The second kappa shape index (κ2) is 5.99. The third kappa shape index (κ3) is 3.33. The van der Waals surface area contributed by atoms with E-state index in [-0.39, 0.29) is 30.2 Å². The summed E-state index contributed by atoms with van der Waals surface area (Å²) < 4.78 is 5.62. The van der Waals surface area contributed by atoms with Gasteiger partial charge in [0.2, 0.25) is 5.91 Å². The Labute approximate surface area is 127 Å². The van der Waals surface area contributed by atoms with E-state index in [1.165, 1.54) is 0 Å². The van der Waals surface area contributed by atoms with Gasteiger partial charge in [0, 0.05) is 21.7 Å². The number of Topliss-reactive ketones (excluding diaryl/α,β-unsaturated/α-hetero) is 1. The van der Waals surface area contributed by atoms with Crippen molar-refractivity contribution in [3.8, 4) is 0 Å². The number of β-lactam (4-membered cyclic amide) rings is 1. The lowest BCUT2D eigenvalue weighted by Gasteiger charge is -2.44. The van der Waals surface area contributed by atoms with Gasteiger partial charge in [0.05, 0.1) is 18.3 Å². The molecule has 114 valence electrons. The van der Waals surface area contributed by atoms with Crippen LogP contribution in [-0.4, -0.2) is 40.9 Å². The van der Waals surface area contributed by atoms with E-state index >= 15 is 0 Å². The molecule has 8 heteroatoms. The van der Waals surface area contributed by atoms with Crippen LogP contribution < -0.4 is 0 Å². The molecule has 1 saturated heterocycles. The molecule has 0 aromatic rings. The van der Waals surface area contributed by atoms with E-state index in [9.17, 15) is 9.59 Å². The van der Waals surface area contributed by atoms with Crippen LogP contribution >= 0.6 is 11.8 Å². The predicted octanol–water partition coefficient (Wildman–Crippen LogP) is 2.45. The fourth-order valence-corrected chi connectivity index (χ4v) is 3.18. The molecular weight excluding hydrogens is 292 g/mol. The van der Waals surface area contributed by atoms with Crippen LogP contribution in [0.15, 0.2) is 16.6 Å². The van der Waals surface area contributed by atoms with Gasteiger partial charge in [0.15, 0.2) is 11.7 Å². The van der Waals surface area contributed by atoms with Crippen molar-refractivity contribution in [1.82, 2.24) is 4.90 Å². The Kier molecular flexibility index (Phi) is 4.49. The van der Waals surface area contributed by atoms with Crippen LogP contribution in [0.4, 0.5) is 0 Å². The number of nitrogens with zero attached hydrogens (tertiary/aromatic N) is 4.